The monoisotopic (exact) mass is 162 g/mol. The average Bonchev–Trinajstić information content (AvgIpc) is 0. The van der Waals surface area contributed by atoms with Gasteiger partial charge in [0.25, 0.3) is 0 Å². The minimum absolute atomic E-state index is 0. The van der Waals surface area contributed by atoms with E-state index in [9.17, 15) is 0 Å². The zero-order chi connectivity index (χ0) is 0. The van der Waals surface area contributed by atoms with Gasteiger partial charge >= 0.3 is 45.5 Å². The molecule has 0 aliphatic rings. The molecule has 0 saturated heterocycles. The van der Waals surface area contributed by atoms with Crippen LogP contribution in [0, 0.1) is 0 Å². The van der Waals surface area contributed by atoms with Gasteiger partial charge in [-0.05, 0) is 0 Å². The Morgan fingerprint density at radius 1 is 0.400 bits per heavy atom. The van der Waals surface area contributed by atoms with E-state index >= 15 is 0 Å². The van der Waals surface area contributed by atoms with Crippen molar-refractivity contribution < 1.29 is 21.9 Å². The molecule has 0 rings (SSSR count). The van der Waals surface area contributed by atoms with Gasteiger partial charge in [0.2, 0.25) is 0 Å². The summed E-state index contributed by atoms with van der Waals surface area (Å²) in [5.41, 5.74) is 0. The first-order valence-electron chi connectivity index (χ1n) is 0. The molecule has 0 aromatic carbocycles. The summed E-state index contributed by atoms with van der Waals surface area (Å²) < 4.78 is 0. The van der Waals surface area contributed by atoms with Crippen LogP contribution in [-0.2, 0) is 0 Å². The summed E-state index contributed by atoms with van der Waals surface area (Å²) in [7, 11) is 0. The zero-order valence-electron chi connectivity index (χ0n) is 2.00. The van der Waals surface area contributed by atoms with Crippen molar-refractivity contribution in [1.29, 1.82) is 0 Å². The van der Waals surface area contributed by atoms with Gasteiger partial charge < -0.3 is 21.9 Å². The van der Waals surface area contributed by atoms with E-state index in [0.29, 0.717) is 0 Å². The molecule has 36 valence electrons. The number of rotatable bonds is 0. The molecule has 0 radical (unpaired) electrons. The molecule has 8 N–H and O–H groups in total. The molecule has 0 amide bonds. The van der Waals surface area contributed by atoms with Crippen molar-refractivity contribution in [3.05, 3.63) is 0 Å². The topological polar surface area (TPSA) is 126 Å². The van der Waals surface area contributed by atoms with E-state index < -0.39 is 0 Å². The second kappa shape index (κ2) is 57.0. The zero-order valence-corrected chi connectivity index (χ0v) is 2.00. The third-order valence-electron chi connectivity index (χ3n) is 0. The summed E-state index contributed by atoms with van der Waals surface area (Å²) in [5, 5.41) is 0. The van der Waals surface area contributed by atoms with Crippen molar-refractivity contribution in [1.82, 2.24) is 0 Å². The van der Waals surface area contributed by atoms with Gasteiger partial charge in [-0.3, -0.25) is 0 Å². The van der Waals surface area contributed by atoms with E-state index in [4.69, 9.17) is 0 Å². The summed E-state index contributed by atoms with van der Waals surface area (Å²) >= 11 is 0. The van der Waals surface area contributed by atoms with Gasteiger partial charge in [-0.25, -0.2) is 0 Å². The van der Waals surface area contributed by atoms with Gasteiger partial charge in [0.05, 0.1) is 0 Å². The van der Waals surface area contributed by atoms with Gasteiger partial charge in [-0.1, -0.05) is 0 Å². The fourth-order valence-electron chi connectivity index (χ4n) is 0. The molecule has 0 aliphatic heterocycles. The summed E-state index contributed by atoms with van der Waals surface area (Å²) in [5.74, 6) is 0. The molecule has 0 aliphatic carbocycles. The Balaban J connectivity index is 0. The summed E-state index contributed by atoms with van der Waals surface area (Å²) in [6.45, 7) is 0. The van der Waals surface area contributed by atoms with E-state index in [1.165, 1.54) is 0 Å². The van der Waals surface area contributed by atoms with E-state index in [1.54, 1.807) is 0 Å². The third kappa shape index (κ3) is 33.6. The minimum atomic E-state index is 0. The molecular formula is H10O4Sr. The van der Waals surface area contributed by atoms with Crippen LogP contribution in [0.2, 0.25) is 0 Å². The second-order valence-corrected chi connectivity index (χ2v) is 0. The van der Waals surface area contributed by atoms with Crippen LogP contribution >= 0.6 is 0 Å². The molecule has 0 aromatic rings. The normalized spacial score (nSPS) is 0. The van der Waals surface area contributed by atoms with E-state index in [2.05, 4.69) is 0 Å². The van der Waals surface area contributed by atoms with Gasteiger partial charge in [0, 0.05) is 0 Å². The van der Waals surface area contributed by atoms with Gasteiger partial charge in [-0.2, -0.15) is 0 Å². The molecule has 4 nitrogen and oxygen atoms in total. The van der Waals surface area contributed by atoms with E-state index in [1.807, 2.05) is 0 Å². The van der Waals surface area contributed by atoms with Crippen molar-refractivity contribution in [2.24, 2.45) is 0 Å². The fraction of sp³-hybridized carbons (Fsp3) is 0. The van der Waals surface area contributed by atoms with Crippen molar-refractivity contribution in [2.75, 3.05) is 0 Å². The van der Waals surface area contributed by atoms with Crippen molar-refractivity contribution in [3.8, 4) is 0 Å². The molecule has 0 unspecified atom stereocenters. The molecular weight excluding hydrogens is 152 g/mol. The predicted octanol–water partition coefficient (Wildman–Crippen LogP) is -4.21. The maximum absolute atomic E-state index is 0. The Hall–Kier alpha value is 1.32. The van der Waals surface area contributed by atoms with Gasteiger partial charge in [0.15, 0.2) is 0 Å². The number of hydrogen-bond donors (Lipinski definition) is 0. The van der Waals surface area contributed by atoms with Crippen LogP contribution in [0.15, 0.2) is 0 Å². The predicted molar refractivity (Wildman–Crippen MR) is 23.0 cm³/mol. The molecule has 0 atom stereocenters. The third-order valence-corrected chi connectivity index (χ3v) is 0. The Morgan fingerprint density at radius 2 is 0.400 bits per heavy atom. The molecule has 0 heterocycles. The second-order valence-electron chi connectivity index (χ2n) is 0. The average molecular weight is 162 g/mol. The van der Waals surface area contributed by atoms with E-state index in [-0.39, 0.29) is 67.4 Å². The molecule has 0 bridgehead atoms. The maximum atomic E-state index is 0. The van der Waals surface area contributed by atoms with Gasteiger partial charge in [0.1, 0.15) is 0 Å². The van der Waals surface area contributed by atoms with Crippen molar-refractivity contribution in [3.63, 3.8) is 0 Å². The summed E-state index contributed by atoms with van der Waals surface area (Å²) in [6.07, 6.45) is 0. The van der Waals surface area contributed by atoms with Crippen LogP contribution in [0.25, 0.3) is 0 Å². The Bertz CT molecular complexity index is 3.61. The SMILES string of the molecule is O.O.O.O.[SrH2]. The first kappa shape index (κ1) is 103. The quantitative estimate of drug-likeness (QED) is 0.320. The van der Waals surface area contributed by atoms with Crippen LogP contribution < -0.4 is 0 Å². The standard InChI is InChI=1S/4H2O.Sr.2H/h4*1H2;;;. The van der Waals surface area contributed by atoms with Crippen LogP contribution in [0.1, 0.15) is 0 Å². The Morgan fingerprint density at radius 3 is 0.400 bits per heavy atom. The molecule has 0 saturated carbocycles. The molecule has 5 heavy (non-hydrogen) atoms. The number of hydrogen-bond acceptors (Lipinski definition) is 0. The molecule has 0 spiro atoms. The summed E-state index contributed by atoms with van der Waals surface area (Å²) in [6, 6.07) is 0. The van der Waals surface area contributed by atoms with Crippen LogP contribution in [0.4, 0.5) is 0 Å². The first-order chi connectivity index (χ1) is 0. The first-order valence-corrected chi connectivity index (χ1v) is 0. The summed E-state index contributed by atoms with van der Waals surface area (Å²) in [4.78, 5) is 0. The molecule has 5 heteroatoms. The Labute approximate surface area is 66.7 Å². The van der Waals surface area contributed by atoms with Crippen LogP contribution in [0.3, 0.4) is 0 Å². The van der Waals surface area contributed by atoms with E-state index in [0.717, 1.165) is 0 Å². The van der Waals surface area contributed by atoms with Crippen LogP contribution in [-0.4, -0.2) is 67.4 Å². The van der Waals surface area contributed by atoms with Gasteiger partial charge in [-0.15, -0.1) is 0 Å². The molecule has 0 fully saturated rings. The van der Waals surface area contributed by atoms with Crippen LogP contribution in [0.5, 0.6) is 0 Å². The molecule has 0 aromatic heterocycles. The fourth-order valence-corrected chi connectivity index (χ4v) is 0. The van der Waals surface area contributed by atoms with Crippen molar-refractivity contribution >= 4 is 45.5 Å². The Kier molecular flexibility index (Phi) is 1170. The van der Waals surface area contributed by atoms with Crippen molar-refractivity contribution in [2.45, 2.75) is 0 Å².